The Bertz CT molecular complexity index is 363. The molecule has 1 N–H and O–H groups in total. The molecule has 0 aliphatic carbocycles. The van der Waals surface area contributed by atoms with Gasteiger partial charge in [0.05, 0.1) is 0 Å². The van der Waals surface area contributed by atoms with Gasteiger partial charge < -0.3 is 10.2 Å². The maximum Gasteiger partial charge on any atom is 0.0320 e. The van der Waals surface area contributed by atoms with E-state index < -0.39 is 0 Å². The Morgan fingerprint density at radius 2 is 2.05 bits per heavy atom. The summed E-state index contributed by atoms with van der Waals surface area (Å²) in [6.45, 7) is 5.96. The highest BCUT2D eigenvalue weighted by molar-refractivity contribution is 5.18. The van der Waals surface area contributed by atoms with E-state index >= 15 is 0 Å². The molecule has 0 saturated carbocycles. The van der Waals surface area contributed by atoms with Gasteiger partial charge in [0, 0.05) is 12.6 Å². The van der Waals surface area contributed by atoms with Gasteiger partial charge in [0.15, 0.2) is 0 Å². The number of hydrogen-bond donors (Lipinski definition) is 1. The molecule has 1 aliphatic rings. The van der Waals surface area contributed by atoms with Gasteiger partial charge >= 0.3 is 0 Å². The van der Waals surface area contributed by atoms with Gasteiger partial charge in [-0.1, -0.05) is 56.5 Å². The maximum atomic E-state index is 3.83. The summed E-state index contributed by atoms with van der Waals surface area (Å²) in [5.41, 5.74) is 1.45. The molecule has 1 heterocycles. The summed E-state index contributed by atoms with van der Waals surface area (Å²) in [4.78, 5) is 2.45. The Morgan fingerprint density at radius 3 is 2.70 bits per heavy atom. The van der Waals surface area contributed by atoms with Crippen molar-refractivity contribution in [2.45, 2.75) is 45.1 Å². The van der Waals surface area contributed by atoms with Crippen LogP contribution in [0.5, 0.6) is 0 Å². The normalized spacial score (nSPS) is 21.2. The highest BCUT2D eigenvalue weighted by atomic mass is 15.1. The van der Waals surface area contributed by atoms with E-state index in [0.29, 0.717) is 6.04 Å². The highest BCUT2D eigenvalue weighted by Crippen LogP contribution is 2.21. The molecule has 0 bridgehead atoms. The first-order valence-electron chi connectivity index (χ1n) is 8.26. The molecular weight excluding hydrogens is 244 g/mol. The lowest BCUT2D eigenvalue weighted by atomic mass is 9.99. The van der Waals surface area contributed by atoms with Crippen LogP contribution in [-0.2, 0) is 0 Å². The van der Waals surface area contributed by atoms with Crippen LogP contribution in [0.25, 0.3) is 0 Å². The van der Waals surface area contributed by atoms with E-state index in [2.05, 4.69) is 54.5 Å². The molecule has 1 fully saturated rings. The van der Waals surface area contributed by atoms with Gasteiger partial charge in [-0.25, -0.2) is 0 Å². The standard InChI is InChI=1S/C18H30N2/c1-3-4-6-11-18(17-9-7-5-8-10-17)19-14-16-12-13-20(2)15-16/h5,7-10,16,18-19H,3-4,6,11-15H2,1-2H3. The summed E-state index contributed by atoms with van der Waals surface area (Å²) in [6, 6.07) is 11.5. The van der Waals surface area contributed by atoms with E-state index in [-0.39, 0.29) is 0 Å². The van der Waals surface area contributed by atoms with Gasteiger partial charge in [-0.3, -0.25) is 0 Å². The van der Waals surface area contributed by atoms with Crippen molar-refractivity contribution < 1.29 is 0 Å². The van der Waals surface area contributed by atoms with E-state index in [9.17, 15) is 0 Å². The van der Waals surface area contributed by atoms with Gasteiger partial charge in [-0.15, -0.1) is 0 Å². The molecule has 20 heavy (non-hydrogen) atoms. The van der Waals surface area contributed by atoms with Crippen LogP contribution in [0, 0.1) is 5.92 Å². The van der Waals surface area contributed by atoms with Crippen LogP contribution in [0.1, 0.15) is 50.6 Å². The minimum atomic E-state index is 0.536. The molecule has 0 radical (unpaired) electrons. The van der Waals surface area contributed by atoms with Crippen molar-refractivity contribution in [3.63, 3.8) is 0 Å². The Labute approximate surface area is 124 Å². The van der Waals surface area contributed by atoms with Gasteiger partial charge in [-0.2, -0.15) is 0 Å². The quantitative estimate of drug-likeness (QED) is 0.724. The third kappa shape index (κ3) is 4.92. The molecule has 1 saturated heterocycles. The van der Waals surface area contributed by atoms with Crippen molar-refractivity contribution in [1.29, 1.82) is 0 Å². The van der Waals surface area contributed by atoms with E-state index in [1.54, 1.807) is 0 Å². The third-order valence-corrected chi connectivity index (χ3v) is 4.44. The molecule has 2 heteroatoms. The molecule has 2 atom stereocenters. The molecule has 2 rings (SSSR count). The summed E-state index contributed by atoms with van der Waals surface area (Å²) < 4.78 is 0. The third-order valence-electron chi connectivity index (χ3n) is 4.44. The smallest absolute Gasteiger partial charge is 0.0320 e. The highest BCUT2D eigenvalue weighted by Gasteiger charge is 2.20. The van der Waals surface area contributed by atoms with E-state index in [1.165, 1.54) is 50.8 Å². The molecule has 1 aromatic rings. The minimum absolute atomic E-state index is 0.536. The number of rotatable bonds is 8. The second kappa shape index (κ2) is 8.43. The topological polar surface area (TPSA) is 15.3 Å². The van der Waals surface area contributed by atoms with Crippen LogP contribution >= 0.6 is 0 Å². The lowest BCUT2D eigenvalue weighted by Crippen LogP contribution is -2.29. The summed E-state index contributed by atoms with van der Waals surface area (Å²) >= 11 is 0. The lowest BCUT2D eigenvalue weighted by molar-refractivity contribution is 0.372. The van der Waals surface area contributed by atoms with Gasteiger partial charge in [0.25, 0.3) is 0 Å². The predicted molar refractivity (Wildman–Crippen MR) is 86.9 cm³/mol. The first-order valence-corrected chi connectivity index (χ1v) is 8.26. The van der Waals surface area contributed by atoms with Crippen molar-refractivity contribution in [2.75, 3.05) is 26.7 Å². The Kier molecular flexibility index (Phi) is 6.55. The van der Waals surface area contributed by atoms with E-state index in [0.717, 1.165) is 12.5 Å². The number of benzene rings is 1. The summed E-state index contributed by atoms with van der Waals surface area (Å²) in [5, 5.41) is 3.83. The number of likely N-dealkylation sites (tertiary alicyclic amines) is 1. The van der Waals surface area contributed by atoms with E-state index in [1.807, 2.05) is 0 Å². The summed E-state index contributed by atoms with van der Waals surface area (Å²) in [6.07, 6.45) is 6.58. The zero-order valence-corrected chi connectivity index (χ0v) is 13.1. The monoisotopic (exact) mass is 274 g/mol. The Balaban J connectivity index is 1.85. The summed E-state index contributed by atoms with van der Waals surface area (Å²) in [7, 11) is 2.23. The molecule has 0 amide bonds. The lowest BCUT2D eigenvalue weighted by Gasteiger charge is -2.21. The number of unbranched alkanes of at least 4 members (excludes halogenated alkanes) is 2. The van der Waals surface area contributed by atoms with Gasteiger partial charge in [0.2, 0.25) is 0 Å². The minimum Gasteiger partial charge on any atom is -0.310 e. The Morgan fingerprint density at radius 1 is 1.25 bits per heavy atom. The number of nitrogens with zero attached hydrogens (tertiary/aromatic N) is 1. The fraction of sp³-hybridized carbons (Fsp3) is 0.667. The molecule has 0 spiro atoms. The second-order valence-corrected chi connectivity index (χ2v) is 6.28. The first-order chi connectivity index (χ1) is 9.79. The molecule has 1 aliphatic heterocycles. The van der Waals surface area contributed by atoms with Crippen molar-refractivity contribution >= 4 is 0 Å². The molecule has 1 aromatic carbocycles. The van der Waals surface area contributed by atoms with Gasteiger partial charge in [-0.05, 0) is 44.5 Å². The van der Waals surface area contributed by atoms with E-state index in [4.69, 9.17) is 0 Å². The van der Waals surface area contributed by atoms with Crippen molar-refractivity contribution in [2.24, 2.45) is 5.92 Å². The second-order valence-electron chi connectivity index (χ2n) is 6.28. The largest absolute Gasteiger partial charge is 0.310 e. The summed E-state index contributed by atoms with van der Waals surface area (Å²) in [5.74, 6) is 0.831. The van der Waals surface area contributed by atoms with Crippen LogP contribution in [0.15, 0.2) is 30.3 Å². The fourth-order valence-electron chi connectivity index (χ4n) is 3.17. The average molecular weight is 274 g/mol. The first kappa shape index (κ1) is 15.5. The maximum absolute atomic E-state index is 3.83. The van der Waals surface area contributed by atoms with Crippen molar-refractivity contribution in [1.82, 2.24) is 10.2 Å². The Hall–Kier alpha value is -0.860. The van der Waals surface area contributed by atoms with Crippen LogP contribution in [0.4, 0.5) is 0 Å². The molecule has 112 valence electrons. The predicted octanol–water partition coefficient (Wildman–Crippen LogP) is 3.85. The number of nitrogens with one attached hydrogen (secondary N) is 1. The number of hydrogen-bond acceptors (Lipinski definition) is 2. The fourth-order valence-corrected chi connectivity index (χ4v) is 3.17. The SMILES string of the molecule is CCCCCC(NCC1CCN(C)C1)c1ccccc1. The average Bonchev–Trinajstić information content (AvgIpc) is 2.89. The molecular formula is C18H30N2. The molecule has 2 unspecified atom stereocenters. The van der Waals surface area contributed by atoms with Crippen LogP contribution in [-0.4, -0.2) is 31.6 Å². The van der Waals surface area contributed by atoms with Crippen LogP contribution in [0.3, 0.4) is 0 Å². The van der Waals surface area contributed by atoms with Crippen molar-refractivity contribution in [3.8, 4) is 0 Å². The zero-order chi connectivity index (χ0) is 14.2. The molecule has 0 aromatic heterocycles. The van der Waals surface area contributed by atoms with Crippen LogP contribution in [0.2, 0.25) is 0 Å². The zero-order valence-electron chi connectivity index (χ0n) is 13.1. The molecule has 2 nitrogen and oxygen atoms in total. The van der Waals surface area contributed by atoms with Crippen LogP contribution < -0.4 is 5.32 Å². The van der Waals surface area contributed by atoms with Crippen molar-refractivity contribution in [3.05, 3.63) is 35.9 Å². The van der Waals surface area contributed by atoms with Gasteiger partial charge in [0.1, 0.15) is 0 Å².